The van der Waals surface area contributed by atoms with Crippen molar-refractivity contribution in [1.82, 2.24) is 0 Å². The molecule has 2 aromatic rings. The fourth-order valence-electron chi connectivity index (χ4n) is 2.99. The molecule has 0 N–H and O–H groups in total. The quantitative estimate of drug-likeness (QED) is 0.844. The van der Waals surface area contributed by atoms with Crippen molar-refractivity contribution in [3.63, 3.8) is 0 Å². The molecule has 0 bridgehead atoms. The van der Waals surface area contributed by atoms with Gasteiger partial charge in [0.15, 0.2) is 0 Å². The molecule has 0 radical (unpaired) electrons. The Morgan fingerprint density at radius 3 is 2.90 bits per heavy atom. The standard InChI is InChI=1S/C19H20O2/c1-14-5-4-6-15(13-14)9-10-18(20)16-11-12-21-19-8-3-2-7-17(16)19/h2-8,13,16H,9-12H2,1H3. The van der Waals surface area contributed by atoms with E-state index >= 15 is 0 Å². The van der Waals surface area contributed by atoms with Crippen molar-refractivity contribution in [3.05, 3.63) is 65.2 Å². The fraction of sp³-hybridized carbons (Fsp3) is 0.316. The van der Waals surface area contributed by atoms with Crippen molar-refractivity contribution in [2.75, 3.05) is 6.61 Å². The first-order valence-corrected chi connectivity index (χ1v) is 7.54. The third-order valence-electron chi connectivity index (χ3n) is 4.09. The Bertz CT molecular complexity index is 646. The van der Waals surface area contributed by atoms with Gasteiger partial charge in [-0.1, -0.05) is 48.0 Å². The number of Topliss-reactive ketones (excluding diaryl/α,β-unsaturated/α-hetero) is 1. The van der Waals surface area contributed by atoms with E-state index in [2.05, 4.69) is 31.2 Å². The summed E-state index contributed by atoms with van der Waals surface area (Å²) in [7, 11) is 0. The van der Waals surface area contributed by atoms with Gasteiger partial charge in [-0.05, 0) is 31.4 Å². The maximum absolute atomic E-state index is 12.6. The summed E-state index contributed by atoms with van der Waals surface area (Å²) in [6.45, 7) is 2.72. The molecule has 0 spiro atoms. The summed E-state index contributed by atoms with van der Waals surface area (Å²) in [6.07, 6.45) is 2.21. The topological polar surface area (TPSA) is 26.3 Å². The molecule has 2 heteroatoms. The summed E-state index contributed by atoms with van der Waals surface area (Å²) in [4.78, 5) is 12.6. The summed E-state index contributed by atoms with van der Waals surface area (Å²) in [5, 5.41) is 0. The molecule has 0 amide bonds. The van der Waals surface area contributed by atoms with Crippen LogP contribution in [0.2, 0.25) is 0 Å². The zero-order valence-electron chi connectivity index (χ0n) is 12.3. The molecule has 0 saturated carbocycles. The number of hydrogen-bond acceptors (Lipinski definition) is 2. The molecular weight excluding hydrogens is 260 g/mol. The van der Waals surface area contributed by atoms with Crippen LogP contribution in [0, 0.1) is 6.92 Å². The zero-order chi connectivity index (χ0) is 14.7. The first-order chi connectivity index (χ1) is 10.2. The van der Waals surface area contributed by atoms with Crippen LogP contribution >= 0.6 is 0 Å². The van der Waals surface area contributed by atoms with Crippen LogP contribution in [0.15, 0.2) is 48.5 Å². The number of para-hydroxylation sites is 1. The lowest BCUT2D eigenvalue weighted by Gasteiger charge is -2.24. The van der Waals surface area contributed by atoms with Gasteiger partial charge in [-0.25, -0.2) is 0 Å². The Labute approximate surface area is 125 Å². The van der Waals surface area contributed by atoms with Crippen molar-refractivity contribution in [2.24, 2.45) is 0 Å². The number of rotatable bonds is 4. The van der Waals surface area contributed by atoms with Gasteiger partial charge in [0, 0.05) is 17.9 Å². The van der Waals surface area contributed by atoms with Crippen LogP contribution in [-0.2, 0) is 11.2 Å². The molecule has 2 nitrogen and oxygen atoms in total. The lowest BCUT2D eigenvalue weighted by atomic mass is 9.87. The van der Waals surface area contributed by atoms with E-state index < -0.39 is 0 Å². The molecule has 1 aliphatic heterocycles. The van der Waals surface area contributed by atoms with Crippen LogP contribution in [-0.4, -0.2) is 12.4 Å². The second-order valence-corrected chi connectivity index (χ2v) is 5.68. The smallest absolute Gasteiger partial charge is 0.140 e. The number of ether oxygens (including phenoxy) is 1. The van der Waals surface area contributed by atoms with Gasteiger partial charge in [0.25, 0.3) is 0 Å². The number of hydrogen-bond donors (Lipinski definition) is 0. The molecular formula is C19H20O2. The monoisotopic (exact) mass is 280 g/mol. The van der Waals surface area contributed by atoms with E-state index in [1.165, 1.54) is 11.1 Å². The molecule has 2 aromatic carbocycles. The van der Waals surface area contributed by atoms with Crippen molar-refractivity contribution in [1.29, 1.82) is 0 Å². The van der Waals surface area contributed by atoms with Crippen LogP contribution in [0.5, 0.6) is 5.75 Å². The number of aryl methyl sites for hydroxylation is 2. The van der Waals surface area contributed by atoms with Crippen molar-refractivity contribution >= 4 is 5.78 Å². The first-order valence-electron chi connectivity index (χ1n) is 7.54. The van der Waals surface area contributed by atoms with E-state index in [9.17, 15) is 4.79 Å². The largest absolute Gasteiger partial charge is 0.493 e. The van der Waals surface area contributed by atoms with E-state index in [0.29, 0.717) is 18.8 Å². The average molecular weight is 280 g/mol. The van der Waals surface area contributed by atoms with Crippen LogP contribution < -0.4 is 4.74 Å². The third kappa shape index (κ3) is 3.15. The Kier molecular flexibility index (Phi) is 4.05. The highest BCUT2D eigenvalue weighted by Gasteiger charge is 2.26. The highest BCUT2D eigenvalue weighted by atomic mass is 16.5. The predicted octanol–water partition coefficient (Wildman–Crippen LogP) is 4.06. The van der Waals surface area contributed by atoms with Gasteiger partial charge in [-0.15, -0.1) is 0 Å². The van der Waals surface area contributed by atoms with Crippen molar-refractivity contribution < 1.29 is 9.53 Å². The van der Waals surface area contributed by atoms with E-state index in [4.69, 9.17) is 4.74 Å². The van der Waals surface area contributed by atoms with E-state index in [0.717, 1.165) is 24.2 Å². The van der Waals surface area contributed by atoms with Gasteiger partial charge in [0.2, 0.25) is 0 Å². The maximum Gasteiger partial charge on any atom is 0.140 e. The lowest BCUT2D eigenvalue weighted by molar-refractivity contribution is -0.121. The molecule has 1 aliphatic rings. The van der Waals surface area contributed by atoms with E-state index in [1.807, 2.05) is 24.3 Å². The van der Waals surface area contributed by atoms with Crippen molar-refractivity contribution in [3.8, 4) is 5.75 Å². The predicted molar refractivity (Wildman–Crippen MR) is 83.8 cm³/mol. The van der Waals surface area contributed by atoms with E-state index in [-0.39, 0.29) is 5.92 Å². The molecule has 1 heterocycles. The summed E-state index contributed by atoms with van der Waals surface area (Å²) < 4.78 is 5.63. The Morgan fingerprint density at radius 2 is 2.05 bits per heavy atom. The summed E-state index contributed by atoms with van der Waals surface area (Å²) in [5.41, 5.74) is 3.54. The molecule has 0 saturated heterocycles. The molecule has 1 atom stereocenters. The second-order valence-electron chi connectivity index (χ2n) is 5.68. The highest BCUT2D eigenvalue weighted by Crippen LogP contribution is 2.34. The Balaban J connectivity index is 1.69. The number of fused-ring (bicyclic) bond motifs is 1. The first kappa shape index (κ1) is 13.9. The SMILES string of the molecule is Cc1cccc(CCC(=O)C2CCOc3ccccc32)c1. The normalized spacial score (nSPS) is 16.9. The minimum absolute atomic E-state index is 0.000223. The molecule has 0 aromatic heterocycles. The Hall–Kier alpha value is -2.09. The van der Waals surface area contributed by atoms with Crippen LogP contribution in [0.4, 0.5) is 0 Å². The van der Waals surface area contributed by atoms with E-state index in [1.54, 1.807) is 0 Å². The second kappa shape index (κ2) is 6.13. The average Bonchev–Trinajstić information content (AvgIpc) is 2.52. The van der Waals surface area contributed by atoms with Crippen LogP contribution in [0.25, 0.3) is 0 Å². The number of carbonyl (C=O) groups is 1. The number of benzene rings is 2. The third-order valence-corrected chi connectivity index (χ3v) is 4.09. The molecule has 0 aliphatic carbocycles. The number of carbonyl (C=O) groups excluding carboxylic acids is 1. The van der Waals surface area contributed by atoms with Gasteiger partial charge in [0.1, 0.15) is 11.5 Å². The van der Waals surface area contributed by atoms with Gasteiger partial charge in [0.05, 0.1) is 6.61 Å². The number of ketones is 1. The molecule has 108 valence electrons. The van der Waals surface area contributed by atoms with Gasteiger partial charge >= 0.3 is 0 Å². The summed E-state index contributed by atoms with van der Waals surface area (Å²) >= 11 is 0. The molecule has 3 rings (SSSR count). The summed E-state index contributed by atoms with van der Waals surface area (Å²) in [6, 6.07) is 16.3. The van der Waals surface area contributed by atoms with Crippen LogP contribution in [0.1, 0.15) is 35.4 Å². The van der Waals surface area contributed by atoms with Gasteiger partial charge < -0.3 is 4.74 Å². The lowest BCUT2D eigenvalue weighted by Crippen LogP contribution is -2.21. The highest BCUT2D eigenvalue weighted by molar-refractivity contribution is 5.86. The minimum atomic E-state index is -0.000223. The maximum atomic E-state index is 12.6. The van der Waals surface area contributed by atoms with Crippen molar-refractivity contribution in [2.45, 2.75) is 32.1 Å². The zero-order valence-corrected chi connectivity index (χ0v) is 12.3. The molecule has 21 heavy (non-hydrogen) atoms. The fourth-order valence-corrected chi connectivity index (χ4v) is 2.99. The van der Waals surface area contributed by atoms with Gasteiger partial charge in [-0.2, -0.15) is 0 Å². The van der Waals surface area contributed by atoms with Crippen LogP contribution in [0.3, 0.4) is 0 Å². The van der Waals surface area contributed by atoms with Gasteiger partial charge in [-0.3, -0.25) is 4.79 Å². The molecule has 0 fully saturated rings. The molecule has 1 unspecified atom stereocenters. The Morgan fingerprint density at radius 1 is 1.19 bits per heavy atom. The summed E-state index contributed by atoms with van der Waals surface area (Å²) in [5.74, 6) is 1.20. The minimum Gasteiger partial charge on any atom is -0.493 e.